The Morgan fingerprint density at radius 1 is 1.12 bits per heavy atom. The minimum Gasteiger partial charge on any atom is -0.481 e. The quantitative estimate of drug-likeness (QED) is 0.905. The predicted molar refractivity (Wildman–Crippen MR) is 90.9 cm³/mol. The van der Waals surface area contributed by atoms with E-state index in [1.54, 1.807) is 18.2 Å². The number of halogens is 1. The molecule has 0 amide bonds. The molecule has 0 fully saturated rings. The molecule has 1 aromatic carbocycles. The first-order chi connectivity index (χ1) is 11.8. The van der Waals surface area contributed by atoms with Crippen molar-refractivity contribution in [3.05, 3.63) is 59.7 Å². The summed E-state index contributed by atoms with van der Waals surface area (Å²) in [4.78, 5) is 15.7. The second-order valence-electron chi connectivity index (χ2n) is 6.06. The molecule has 1 atom stereocenters. The van der Waals surface area contributed by atoms with Crippen LogP contribution in [-0.2, 0) is 14.6 Å². The third-order valence-corrected chi connectivity index (χ3v) is 5.38. The highest BCUT2D eigenvalue weighted by atomic mass is 32.2. The molecule has 2 aromatic rings. The second-order valence-corrected chi connectivity index (χ2v) is 8.07. The minimum atomic E-state index is -3.35. The molecule has 1 heterocycles. The Bertz CT molecular complexity index is 948. The van der Waals surface area contributed by atoms with Crippen molar-refractivity contribution in [2.75, 3.05) is 6.26 Å². The van der Waals surface area contributed by atoms with E-state index in [1.165, 1.54) is 24.4 Å². The largest absolute Gasteiger partial charge is 0.481 e. The predicted octanol–water partition coefficient (Wildman–Crippen LogP) is 3.03. The van der Waals surface area contributed by atoms with Gasteiger partial charge in [0.05, 0.1) is 16.5 Å². The Kier molecular flexibility index (Phi) is 4.43. The fourth-order valence-electron chi connectivity index (χ4n) is 2.97. The van der Waals surface area contributed by atoms with E-state index in [0.29, 0.717) is 18.5 Å². The highest BCUT2D eigenvalue weighted by molar-refractivity contribution is 7.90. The lowest BCUT2D eigenvalue weighted by atomic mass is 9.99. The van der Waals surface area contributed by atoms with Crippen molar-refractivity contribution in [3.63, 3.8) is 0 Å². The molecule has 0 spiro atoms. The monoisotopic (exact) mass is 361 g/mol. The maximum atomic E-state index is 13.2. The summed E-state index contributed by atoms with van der Waals surface area (Å²) < 4.78 is 36.3. The van der Waals surface area contributed by atoms with Gasteiger partial charge in [0.1, 0.15) is 5.82 Å². The molecule has 130 valence electrons. The summed E-state index contributed by atoms with van der Waals surface area (Å²) in [6.45, 7) is 0. The van der Waals surface area contributed by atoms with Gasteiger partial charge in [-0.1, -0.05) is 12.1 Å². The van der Waals surface area contributed by atoms with Crippen LogP contribution in [0.3, 0.4) is 0 Å². The zero-order valence-corrected chi connectivity index (χ0v) is 14.3. The van der Waals surface area contributed by atoms with Crippen LogP contribution in [0.1, 0.15) is 24.1 Å². The summed E-state index contributed by atoms with van der Waals surface area (Å²) >= 11 is 0. The van der Waals surface area contributed by atoms with Crippen molar-refractivity contribution in [2.45, 2.75) is 17.7 Å². The number of carbonyl (C=O) groups is 1. The topological polar surface area (TPSA) is 84.3 Å². The molecule has 0 bridgehead atoms. The van der Waals surface area contributed by atoms with Crippen LogP contribution >= 0.6 is 0 Å². The first kappa shape index (κ1) is 17.3. The first-order valence-corrected chi connectivity index (χ1v) is 9.52. The van der Waals surface area contributed by atoms with Gasteiger partial charge in [0, 0.05) is 12.5 Å². The smallest absolute Gasteiger partial charge is 0.307 e. The van der Waals surface area contributed by atoms with Crippen molar-refractivity contribution >= 4 is 27.0 Å². The van der Waals surface area contributed by atoms with E-state index in [4.69, 9.17) is 0 Å². The van der Waals surface area contributed by atoms with Gasteiger partial charge < -0.3 is 5.11 Å². The van der Waals surface area contributed by atoms with Crippen LogP contribution in [0.25, 0.3) is 11.1 Å². The molecule has 25 heavy (non-hydrogen) atoms. The average molecular weight is 361 g/mol. The summed E-state index contributed by atoms with van der Waals surface area (Å²) in [6, 6.07) is 8.92. The van der Waals surface area contributed by atoms with Gasteiger partial charge in [-0.2, -0.15) is 0 Å². The minimum absolute atomic E-state index is 0.105. The number of aromatic nitrogens is 1. The number of benzene rings is 1. The summed E-state index contributed by atoms with van der Waals surface area (Å²) in [5.41, 5.74) is 2.83. The Morgan fingerprint density at radius 3 is 2.28 bits per heavy atom. The van der Waals surface area contributed by atoms with Gasteiger partial charge in [0.15, 0.2) is 9.84 Å². The SMILES string of the molecule is CS(=O)(=O)c1ccc(C2=C(c3ccc(F)cc3)CC(C(=O)O)C2)nc1. The van der Waals surface area contributed by atoms with E-state index in [0.717, 1.165) is 23.0 Å². The summed E-state index contributed by atoms with van der Waals surface area (Å²) in [7, 11) is -3.35. The van der Waals surface area contributed by atoms with E-state index >= 15 is 0 Å². The summed E-state index contributed by atoms with van der Waals surface area (Å²) in [5.74, 6) is -1.84. The molecule has 0 saturated carbocycles. The molecule has 1 aromatic heterocycles. The molecule has 1 N–H and O–H groups in total. The van der Waals surface area contributed by atoms with E-state index in [9.17, 15) is 22.7 Å². The van der Waals surface area contributed by atoms with Crippen molar-refractivity contribution in [1.29, 1.82) is 0 Å². The number of nitrogens with zero attached hydrogens (tertiary/aromatic N) is 1. The number of sulfone groups is 1. The average Bonchev–Trinajstić information content (AvgIpc) is 3.00. The fraction of sp³-hybridized carbons (Fsp3) is 0.222. The van der Waals surface area contributed by atoms with Gasteiger partial charge in [0.25, 0.3) is 0 Å². The molecule has 1 aliphatic carbocycles. The number of hydrogen-bond acceptors (Lipinski definition) is 4. The molecule has 0 radical (unpaired) electrons. The van der Waals surface area contributed by atoms with Gasteiger partial charge in [-0.05, 0) is 53.8 Å². The van der Waals surface area contributed by atoms with Crippen LogP contribution in [0, 0.1) is 11.7 Å². The van der Waals surface area contributed by atoms with Crippen LogP contribution in [-0.4, -0.2) is 30.7 Å². The van der Waals surface area contributed by atoms with Crippen molar-refractivity contribution in [1.82, 2.24) is 4.98 Å². The lowest BCUT2D eigenvalue weighted by Crippen LogP contribution is -2.09. The fourth-order valence-corrected chi connectivity index (χ4v) is 3.53. The van der Waals surface area contributed by atoms with Crippen LogP contribution in [0.2, 0.25) is 0 Å². The second kappa shape index (κ2) is 6.40. The van der Waals surface area contributed by atoms with Crippen molar-refractivity contribution < 1.29 is 22.7 Å². The van der Waals surface area contributed by atoms with Gasteiger partial charge >= 0.3 is 5.97 Å². The third kappa shape index (κ3) is 3.61. The van der Waals surface area contributed by atoms with E-state index in [1.807, 2.05) is 0 Å². The molecule has 5 nitrogen and oxygen atoms in total. The third-order valence-electron chi connectivity index (χ3n) is 4.28. The van der Waals surface area contributed by atoms with E-state index < -0.39 is 21.7 Å². The lowest BCUT2D eigenvalue weighted by Gasteiger charge is -2.08. The zero-order valence-electron chi connectivity index (χ0n) is 13.4. The molecular weight excluding hydrogens is 345 g/mol. The number of hydrogen-bond donors (Lipinski definition) is 1. The number of carboxylic acid groups (broad SMARTS) is 1. The van der Waals surface area contributed by atoms with Crippen LogP contribution < -0.4 is 0 Å². The van der Waals surface area contributed by atoms with Gasteiger partial charge in [-0.25, -0.2) is 12.8 Å². The summed E-state index contributed by atoms with van der Waals surface area (Å²) in [5, 5.41) is 9.35. The van der Waals surface area contributed by atoms with Gasteiger partial charge in [-0.15, -0.1) is 0 Å². The van der Waals surface area contributed by atoms with Crippen molar-refractivity contribution in [2.24, 2.45) is 5.92 Å². The highest BCUT2D eigenvalue weighted by Gasteiger charge is 2.31. The number of rotatable bonds is 4. The van der Waals surface area contributed by atoms with Crippen molar-refractivity contribution in [3.8, 4) is 0 Å². The zero-order chi connectivity index (χ0) is 18.2. The van der Waals surface area contributed by atoms with Crippen LogP contribution in [0.4, 0.5) is 4.39 Å². The van der Waals surface area contributed by atoms with E-state index in [-0.39, 0.29) is 10.7 Å². The Labute approximate surface area is 144 Å². The van der Waals surface area contributed by atoms with Crippen LogP contribution in [0.15, 0.2) is 47.5 Å². The molecule has 3 rings (SSSR count). The number of carboxylic acids is 1. The van der Waals surface area contributed by atoms with Gasteiger partial charge in [-0.3, -0.25) is 9.78 Å². The van der Waals surface area contributed by atoms with Crippen LogP contribution in [0.5, 0.6) is 0 Å². The Balaban J connectivity index is 2.06. The Hall–Kier alpha value is -2.54. The number of pyridine rings is 1. The normalized spacial score (nSPS) is 17.8. The molecule has 1 aliphatic rings. The maximum absolute atomic E-state index is 13.2. The molecule has 0 saturated heterocycles. The molecular formula is C18H16FNO4S. The highest BCUT2D eigenvalue weighted by Crippen LogP contribution is 2.42. The molecule has 1 unspecified atom stereocenters. The Morgan fingerprint density at radius 2 is 1.76 bits per heavy atom. The van der Waals surface area contributed by atoms with E-state index in [2.05, 4.69) is 4.98 Å². The maximum Gasteiger partial charge on any atom is 0.307 e. The number of allylic oxidation sites excluding steroid dienone is 2. The molecule has 0 aliphatic heterocycles. The standard InChI is InChI=1S/C18H16FNO4S/c1-25(23,24)14-6-7-17(20-10-14)16-9-12(18(21)22)8-15(16)11-2-4-13(19)5-3-11/h2-7,10,12H,8-9H2,1H3,(H,21,22). The first-order valence-electron chi connectivity index (χ1n) is 7.63. The molecule has 7 heteroatoms. The number of aliphatic carboxylic acids is 1. The lowest BCUT2D eigenvalue weighted by molar-refractivity contribution is -0.141. The van der Waals surface area contributed by atoms with Gasteiger partial charge in [0.2, 0.25) is 0 Å². The summed E-state index contributed by atoms with van der Waals surface area (Å²) in [6.07, 6.45) is 3.00.